The minimum absolute atomic E-state index is 0.0539. The van der Waals surface area contributed by atoms with E-state index in [0.29, 0.717) is 67.5 Å². The number of phenolic OH excluding ortho intramolecular Hbond substituents is 1. The molecule has 24 nitrogen and oxygen atoms in total. The fourth-order valence-corrected chi connectivity index (χ4v) is 7.38. The SMILES string of the molecule is COc1cc(N=Nc2cccc(SOOO)c2)ccc1N=Nc1cc(OC)c(N=Nc2c(SOOO)cc3cc(Nc4nc(Nc5cccc(S(=O)(=O)O)c5)nc(=O)[nH]4)ccc3c2O)cc1C. The number of ether oxygens (including phenoxy) is 2. The zero-order valence-electron chi connectivity index (χ0n) is 34.6. The lowest BCUT2D eigenvalue weighted by Crippen LogP contribution is -2.16. The molecule has 7 rings (SSSR count). The summed E-state index contributed by atoms with van der Waals surface area (Å²) < 4.78 is 52.8. The number of nitrogens with zero attached hydrogens (tertiary/aromatic N) is 8. The third-order valence-corrected chi connectivity index (χ3v) is 11.0. The Morgan fingerprint density at radius 3 is 2.15 bits per heavy atom. The number of hydrogen-bond acceptors (Lipinski definition) is 24. The molecule has 1 aromatic heterocycles. The molecule has 7 N–H and O–H groups in total. The third-order valence-electron chi connectivity index (χ3n) is 8.95. The van der Waals surface area contributed by atoms with Crippen LogP contribution < -0.4 is 25.8 Å². The first-order valence-corrected chi connectivity index (χ1v) is 21.7. The zero-order chi connectivity index (χ0) is 47.5. The molecule has 0 saturated carbocycles. The Morgan fingerprint density at radius 1 is 0.687 bits per heavy atom. The number of rotatable bonds is 19. The number of H-pyrrole nitrogens is 1. The van der Waals surface area contributed by atoms with E-state index in [0.717, 1.165) is 18.1 Å². The van der Waals surface area contributed by atoms with Gasteiger partial charge in [0.15, 0.2) is 5.75 Å². The van der Waals surface area contributed by atoms with Crippen LogP contribution in [0.15, 0.2) is 153 Å². The van der Waals surface area contributed by atoms with Crippen LogP contribution in [0.3, 0.4) is 0 Å². The molecular weight excluding hydrogens is 939 g/mol. The first kappa shape index (κ1) is 47.5. The van der Waals surface area contributed by atoms with Gasteiger partial charge in [0, 0.05) is 33.8 Å². The summed E-state index contributed by atoms with van der Waals surface area (Å²) in [5.41, 5.74) is 2.43. The number of fused-ring (bicyclic) bond motifs is 1. The molecule has 0 bridgehead atoms. The van der Waals surface area contributed by atoms with Gasteiger partial charge in [-0.25, -0.2) is 15.3 Å². The molecule has 0 amide bonds. The zero-order valence-corrected chi connectivity index (χ0v) is 37.0. The lowest BCUT2D eigenvalue weighted by molar-refractivity contribution is -0.432. The number of phenols is 1. The van der Waals surface area contributed by atoms with Crippen LogP contribution in [0.1, 0.15) is 5.56 Å². The summed E-state index contributed by atoms with van der Waals surface area (Å²) in [6.45, 7) is 1.77. The summed E-state index contributed by atoms with van der Waals surface area (Å²) in [5.74, 6) is 0.0699. The van der Waals surface area contributed by atoms with Crippen molar-refractivity contribution in [3.8, 4) is 17.2 Å². The van der Waals surface area contributed by atoms with Gasteiger partial charge in [0.1, 0.15) is 28.6 Å². The van der Waals surface area contributed by atoms with Crippen molar-refractivity contribution in [2.75, 3.05) is 24.9 Å². The number of hydrogen-bond donors (Lipinski definition) is 7. The molecule has 0 aliphatic rings. The summed E-state index contributed by atoms with van der Waals surface area (Å²) in [5, 5.41) is 68.7. The average Bonchev–Trinajstić information content (AvgIpc) is 3.31. The lowest BCUT2D eigenvalue weighted by atomic mass is 10.1. The Balaban J connectivity index is 1.10. The van der Waals surface area contributed by atoms with Crippen LogP contribution in [0.4, 0.5) is 57.4 Å². The number of aryl methyl sites for hydroxylation is 1. The molecule has 27 heteroatoms. The molecule has 1 heterocycles. The van der Waals surface area contributed by atoms with Crippen LogP contribution in [0, 0.1) is 6.92 Å². The number of methoxy groups -OCH3 is 2. The molecule has 0 fully saturated rings. The van der Waals surface area contributed by atoms with Crippen molar-refractivity contribution >= 4 is 102 Å². The van der Waals surface area contributed by atoms with Gasteiger partial charge in [-0.05, 0) is 96.7 Å². The topological polar surface area (TPSA) is 327 Å². The smallest absolute Gasteiger partial charge is 0.351 e. The van der Waals surface area contributed by atoms with Crippen molar-refractivity contribution in [3.63, 3.8) is 0 Å². The van der Waals surface area contributed by atoms with Crippen LogP contribution in [0.5, 0.6) is 17.2 Å². The second-order valence-corrected chi connectivity index (χ2v) is 16.2. The van der Waals surface area contributed by atoms with Crippen molar-refractivity contribution < 1.29 is 56.8 Å². The Bertz CT molecular complexity index is 3210. The predicted octanol–water partition coefficient (Wildman–Crippen LogP) is 11.2. The van der Waals surface area contributed by atoms with E-state index in [2.05, 4.69) is 70.7 Å². The van der Waals surface area contributed by atoms with Gasteiger partial charge < -0.3 is 25.2 Å². The average molecular weight is 972 g/mol. The number of azo groups is 3. The Morgan fingerprint density at radius 2 is 1.39 bits per heavy atom. The maximum Gasteiger partial charge on any atom is 0.351 e. The number of nitrogens with one attached hydrogen (secondary N) is 3. The fourth-order valence-electron chi connectivity index (χ4n) is 5.94. The standard InChI is InChI=1S/C40H33N11O13S3/c1-21-14-32(34(60-3)20-31(21)49-48-30-13-11-26(19-33(30)59-2)47-46-25-7-4-8-27(17-25)65-63-61-54)50-51-36-35(66-64-62-55)16-22-15-24(10-12-29(22)37(36)52)42-39-43-38(44-40(53)45-39)41-23-6-5-9-28(18-23)67(56,57)58/h4-20,52,54-55H,1-3H3,(H,56,57,58)(H3,41,42,43,44,45,53). The monoisotopic (exact) mass is 971 g/mol. The predicted molar refractivity (Wildman–Crippen MR) is 242 cm³/mol. The highest BCUT2D eigenvalue weighted by molar-refractivity contribution is 7.95. The minimum Gasteiger partial charge on any atom is -0.505 e. The van der Waals surface area contributed by atoms with Crippen molar-refractivity contribution in [2.45, 2.75) is 21.6 Å². The van der Waals surface area contributed by atoms with Crippen molar-refractivity contribution in [3.05, 3.63) is 119 Å². The third kappa shape index (κ3) is 12.3. The number of aromatic nitrogens is 3. The van der Waals surface area contributed by atoms with E-state index in [4.69, 9.17) is 24.3 Å². The van der Waals surface area contributed by atoms with E-state index in [1.54, 1.807) is 85.8 Å². The first-order valence-electron chi connectivity index (χ1n) is 18.7. The van der Waals surface area contributed by atoms with Crippen molar-refractivity contribution in [2.24, 2.45) is 30.7 Å². The molecule has 67 heavy (non-hydrogen) atoms. The molecule has 0 aliphatic heterocycles. The van der Waals surface area contributed by atoms with Crippen LogP contribution in [0.2, 0.25) is 0 Å². The van der Waals surface area contributed by atoms with Crippen LogP contribution in [0.25, 0.3) is 10.8 Å². The molecule has 344 valence electrons. The van der Waals surface area contributed by atoms with Gasteiger partial charge in [-0.2, -0.15) is 33.7 Å². The van der Waals surface area contributed by atoms with Gasteiger partial charge in [-0.3, -0.25) is 9.54 Å². The van der Waals surface area contributed by atoms with Crippen molar-refractivity contribution in [1.29, 1.82) is 0 Å². The lowest BCUT2D eigenvalue weighted by Gasteiger charge is -2.12. The van der Waals surface area contributed by atoms with Gasteiger partial charge in [0.2, 0.25) is 11.9 Å². The van der Waals surface area contributed by atoms with Gasteiger partial charge in [-0.15, -0.1) is 24.0 Å². The second-order valence-electron chi connectivity index (χ2n) is 13.3. The van der Waals surface area contributed by atoms with E-state index in [-0.39, 0.29) is 50.2 Å². The van der Waals surface area contributed by atoms with Crippen LogP contribution in [-0.4, -0.2) is 57.8 Å². The van der Waals surface area contributed by atoms with Crippen LogP contribution >= 0.6 is 24.1 Å². The quantitative estimate of drug-likeness (QED) is 0.0130. The highest BCUT2D eigenvalue weighted by Gasteiger charge is 2.18. The summed E-state index contributed by atoms with van der Waals surface area (Å²) >= 11 is 1.32. The summed E-state index contributed by atoms with van der Waals surface area (Å²) in [7, 11) is -1.58. The van der Waals surface area contributed by atoms with Gasteiger partial charge in [0.25, 0.3) is 10.1 Å². The van der Waals surface area contributed by atoms with E-state index in [1.165, 1.54) is 32.4 Å². The molecule has 0 unspecified atom stereocenters. The van der Waals surface area contributed by atoms with Crippen molar-refractivity contribution in [1.82, 2.24) is 15.0 Å². The molecule has 7 aromatic rings. The van der Waals surface area contributed by atoms with E-state index in [9.17, 15) is 22.9 Å². The summed E-state index contributed by atoms with van der Waals surface area (Å²) in [4.78, 5) is 23.3. The number of benzene rings is 6. The highest BCUT2D eigenvalue weighted by Crippen LogP contribution is 2.46. The number of aromatic hydroxyl groups is 1. The largest absolute Gasteiger partial charge is 0.505 e. The number of anilines is 4. The number of aromatic amines is 1. The molecule has 0 aliphatic carbocycles. The van der Waals surface area contributed by atoms with Gasteiger partial charge in [0.05, 0.1) is 65.2 Å². The van der Waals surface area contributed by atoms with E-state index >= 15 is 0 Å². The molecule has 0 atom stereocenters. The molecule has 6 aromatic carbocycles. The molecule has 0 saturated heterocycles. The second kappa shape index (κ2) is 21.7. The molecular formula is C40H33N11O13S3. The maximum atomic E-state index is 12.4. The summed E-state index contributed by atoms with van der Waals surface area (Å²) in [6.07, 6.45) is 0. The Labute approximate surface area is 386 Å². The van der Waals surface area contributed by atoms with Crippen LogP contribution in [-0.2, 0) is 28.9 Å². The first-order chi connectivity index (χ1) is 32.3. The Hall–Kier alpha value is -7.44. The maximum absolute atomic E-state index is 12.4. The summed E-state index contributed by atoms with van der Waals surface area (Å²) in [6, 6.07) is 26.6. The highest BCUT2D eigenvalue weighted by atomic mass is 32.2. The minimum atomic E-state index is -4.49. The van der Waals surface area contributed by atoms with E-state index in [1.807, 2.05) is 0 Å². The Kier molecular flexibility index (Phi) is 15.4. The molecule has 0 spiro atoms. The van der Waals surface area contributed by atoms with Gasteiger partial charge >= 0.3 is 5.69 Å². The van der Waals surface area contributed by atoms with Gasteiger partial charge in [-0.1, -0.05) is 22.2 Å². The normalized spacial score (nSPS) is 11.9. The molecule has 0 radical (unpaired) electrons. The van der Waals surface area contributed by atoms with E-state index < -0.39 is 15.8 Å². The fraction of sp³-hybridized carbons (Fsp3) is 0.0750.